The van der Waals surface area contributed by atoms with Crippen molar-refractivity contribution in [3.63, 3.8) is 0 Å². The number of nitrogens with one attached hydrogen (secondary N) is 1. The molecule has 0 fully saturated rings. The van der Waals surface area contributed by atoms with E-state index in [1.807, 2.05) is 12.3 Å². The summed E-state index contributed by atoms with van der Waals surface area (Å²) in [6, 6.07) is 1.69. The summed E-state index contributed by atoms with van der Waals surface area (Å²) in [6.07, 6.45) is 1.43. The molecule has 0 unspecified atom stereocenters. The average Bonchev–Trinajstić information content (AvgIpc) is 2.84. The Kier molecular flexibility index (Phi) is 2.55. The van der Waals surface area contributed by atoms with Crippen molar-refractivity contribution in [1.82, 2.24) is 10.3 Å². The zero-order valence-electron chi connectivity index (χ0n) is 8.40. The lowest BCUT2D eigenvalue weighted by Gasteiger charge is -1.90. The van der Waals surface area contributed by atoms with E-state index in [0.717, 1.165) is 10.7 Å². The number of furan rings is 1. The molecule has 2 aromatic heterocycles. The third-order valence-electron chi connectivity index (χ3n) is 1.96. The van der Waals surface area contributed by atoms with E-state index in [-0.39, 0.29) is 5.91 Å². The van der Waals surface area contributed by atoms with Gasteiger partial charge in [0.15, 0.2) is 5.76 Å². The molecule has 5 heteroatoms. The molecule has 1 amide bonds. The maximum absolute atomic E-state index is 11.3. The second-order valence-electron chi connectivity index (χ2n) is 3.03. The third-order valence-corrected chi connectivity index (χ3v) is 2.73. The fourth-order valence-electron chi connectivity index (χ4n) is 1.21. The van der Waals surface area contributed by atoms with Crippen LogP contribution in [-0.2, 0) is 0 Å². The van der Waals surface area contributed by atoms with Crippen LogP contribution in [0.3, 0.4) is 0 Å². The van der Waals surface area contributed by atoms with Gasteiger partial charge in [-0.15, -0.1) is 11.3 Å². The SMILES string of the molecule is CNC(=O)c1coc(-c2csc(C)n2)c1. The second-order valence-corrected chi connectivity index (χ2v) is 4.09. The van der Waals surface area contributed by atoms with Gasteiger partial charge < -0.3 is 9.73 Å². The van der Waals surface area contributed by atoms with Crippen LogP contribution in [0, 0.1) is 6.92 Å². The van der Waals surface area contributed by atoms with Gasteiger partial charge in [-0.2, -0.15) is 0 Å². The quantitative estimate of drug-likeness (QED) is 0.846. The van der Waals surface area contributed by atoms with E-state index in [9.17, 15) is 4.79 Å². The van der Waals surface area contributed by atoms with Gasteiger partial charge in [0.2, 0.25) is 0 Å². The lowest BCUT2D eigenvalue weighted by molar-refractivity contribution is 0.0962. The van der Waals surface area contributed by atoms with Crippen molar-refractivity contribution in [2.75, 3.05) is 7.05 Å². The molecular formula is C10H10N2O2S. The Morgan fingerprint density at radius 1 is 1.60 bits per heavy atom. The van der Waals surface area contributed by atoms with Gasteiger partial charge in [-0.25, -0.2) is 4.98 Å². The minimum absolute atomic E-state index is 0.156. The molecule has 4 nitrogen and oxygen atoms in total. The largest absolute Gasteiger partial charge is 0.462 e. The average molecular weight is 222 g/mol. The van der Waals surface area contributed by atoms with E-state index >= 15 is 0 Å². The molecule has 2 rings (SSSR count). The van der Waals surface area contributed by atoms with Crippen molar-refractivity contribution < 1.29 is 9.21 Å². The van der Waals surface area contributed by atoms with E-state index in [1.165, 1.54) is 6.26 Å². The number of amides is 1. The molecule has 0 saturated carbocycles. The Balaban J connectivity index is 2.31. The van der Waals surface area contributed by atoms with E-state index in [1.54, 1.807) is 24.5 Å². The van der Waals surface area contributed by atoms with Gasteiger partial charge in [0.05, 0.1) is 10.6 Å². The summed E-state index contributed by atoms with van der Waals surface area (Å²) in [5.41, 5.74) is 1.28. The first-order valence-electron chi connectivity index (χ1n) is 4.44. The summed E-state index contributed by atoms with van der Waals surface area (Å²) in [6.45, 7) is 1.93. The number of carbonyl (C=O) groups is 1. The molecule has 2 heterocycles. The van der Waals surface area contributed by atoms with Gasteiger partial charge in [-0.1, -0.05) is 0 Å². The molecule has 0 aliphatic carbocycles. The molecule has 0 aliphatic heterocycles. The van der Waals surface area contributed by atoms with Crippen LogP contribution in [-0.4, -0.2) is 17.9 Å². The second kappa shape index (κ2) is 3.86. The highest BCUT2D eigenvalue weighted by molar-refractivity contribution is 7.09. The fourth-order valence-corrected chi connectivity index (χ4v) is 1.81. The fraction of sp³-hybridized carbons (Fsp3) is 0.200. The molecule has 0 spiro atoms. The normalized spacial score (nSPS) is 10.3. The van der Waals surface area contributed by atoms with Gasteiger partial charge in [0.25, 0.3) is 5.91 Å². The molecular weight excluding hydrogens is 212 g/mol. The van der Waals surface area contributed by atoms with Crippen molar-refractivity contribution in [1.29, 1.82) is 0 Å². The highest BCUT2D eigenvalue weighted by atomic mass is 32.1. The Bertz CT molecular complexity index is 487. The standard InChI is InChI=1S/C10H10N2O2S/c1-6-12-8(5-15-6)9-3-7(4-14-9)10(13)11-2/h3-5H,1-2H3,(H,11,13). The number of hydrogen-bond acceptors (Lipinski definition) is 4. The van der Waals surface area contributed by atoms with Gasteiger partial charge in [-0.3, -0.25) is 4.79 Å². The number of aromatic nitrogens is 1. The van der Waals surface area contributed by atoms with Gasteiger partial charge in [-0.05, 0) is 13.0 Å². The minimum atomic E-state index is -0.156. The van der Waals surface area contributed by atoms with Crippen LogP contribution in [0.1, 0.15) is 15.4 Å². The molecule has 0 saturated heterocycles. The predicted octanol–water partition coefficient (Wildman–Crippen LogP) is 2.07. The van der Waals surface area contributed by atoms with Crippen molar-refractivity contribution >= 4 is 17.2 Å². The number of carbonyl (C=O) groups excluding carboxylic acids is 1. The van der Waals surface area contributed by atoms with Crippen LogP contribution >= 0.6 is 11.3 Å². The first kappa shape index (κ1) is 9.92. The number of thiazole rings is 1. The monoisotopic (exact) mass is 222 g/mol. The lowest BCUT2D eigenvalue weighted by Crippen LogP contribution is -2.16. The molecule has 1 N–H and O–H groups in total. The molecule has 0 radical (unpaired) electrons. The van der Waals surface area contributed by atoms with Gasteiger partial charge in [0.1, 0.15) is 12.0 Å². The minimum Gasteiger partial charge on any atom is -0.462 e. The third kappa shape index (κ3) is 1.92. The van der Waals surface area contributed by atoms with Crippen molar-refractivity contribution in [2.45, 2.75) is 6.92 Å². The summed E-state index contributed by atoms with van der Waals surface area (Å²) >= 11 is 1.55. The topological polar surface area (TPSA) is 55.1 Å². The summed E-state index contributed by atoms with van der Waals surface area (Å²) in [5, 5.41) is 5.41. The first-order chi connectivity index (χ1) is 7.20. The van der Waals surface area contributed by atoms with E-state index in [2.05, 4.69) is 10.3 Å². The van der Waals surface area contributed by atoms with Crippen LogP contribution in [0.4, 0.5) is 0 Å². The van der Waals surface area contributed by atoms with Crippen LogP contribution in [0.25, 0.3) is 11.5 Å². The van der Waals surface area contributed by atoms with Gasteiger partial charge in [0, 0.05) is 12.4 Å². The molecule has 0 bridgehead atoms. The van der Waals surface area contributed by atoms with Crippen LogP contribution in [0.5, 0.6) is 0 Å². The van der Waals surface area contributed by atoms with Crippen LogP contribution in [0.2, 0.25) is 0 Å². The van der Waals surface area contributed by atoms with Crippen molar-refractivity contribution in [2.24, 2.45) is 0 Å². The maximum atomic E-state index is 11.3. The van der Waals surface area contributed by atoms with Gasteiger partial charge >= 0.3 is 0 Å². The highest BCUT2D eigenvalue weighted by Gasteiger charge is 2.11. The maximum Gasteiger partial charge on any atom is 0.254 e. The summed E-state index contributed by atoms with van der Waals surface area (Å²) in [4.78, 5) is 15.5. The highest BCUT2D eigenvalue weighted by Crippen LogP contribution is 2.23. The molecule has 2 aromatic rings. The zero-order valence-corrected chi connectivity index (χ0v) is 9.22. The summed E-state index contributed by atoms with van der Waals surface area (Å²) in [7, 11) is 1.59. The molecule has 0 atom stereocenters. The Morgan fingerprint density at radius 2 is 2.40 bits per heavy atom. The number of aryl methyl sites for hydroxylation is 1. The zero-order chi connectivity index (χ0) is 10.8. The van der Waals surface area contributed by atoms with E-state index < -0.39 is 0 Å². The summed E-state index contributed by atoms with van der Waals surface area (Å²) < 4.78 is 5.27. The van der Waals surface area contributed by atoms with E-state index in [0.29, 0.717) is 11.3 Å². The van der Waals surface area contributed by atoms with E-state index in [4.69, 9.17) is 4.42 Å². The Labute approximate surface area is 90.9 Å². The van der Waals surface area contributed by atoms with Crippen molar-refractivity contribution in [3.8, 4) is 11.5 Å². The van der Waals surface area contributed by atoms with Crippen LogP contribution in [0.15, 0.2) is 22.1 Å². The molecule has 78 valence electrons. The molecule has 0 aromatic carbocycles. The number of rotatable bonds is 2. The molecule has 15 heavy (non-hydrogen) atoms. The first-order valence-corrected chi connectivity index (χ1v) is 5.32. The molecule has 0 aliphatic rings. The Morgan fingerprint density at radius 3 is 3.00 bits per heavy atom. The number of hydrogen-bond donors (Lipinski definition) is 1. The lowest BCUT2D eigenvalue weighted by atomic mass is 10.2. The van der Waals surface area contributed by atoms with Crippen molar-refractivity contribution in [3.05, 3.63) is 28.3 Å². The smallest absolute Gasteiger partial charge is 0.254 e. The number of nitrogens with zero attached hydrogens (tertiary/aromatic N) is 1. The Hall–Kier alpha value is -1.62. The van der Waals surface area contributed by atoms with Crippen LogP contribution < -0.4 is 5.32 Å². The summed E-state index contributed by atoms with van der Waals surface area (Å²) in [5.74, 6) is 0.468. The predicted molar refractivity (Wildman–Crippen MR) is 57.9 cm³/mol.